The SMILES string of the molecule is Cc1cccc([C@@H](C)NCc2cccc3c2NCC3)c1. The molecule has 0 saturated heterocycles. The molecule has 2 heteroatoms. The number of hydrogen-bond donors (Lipinski definition) is 2. The van der Waals surface area contributed by atoms with E-state index in [0.717, 1.165) is 19.5 Å². The van der Waals surface area contributed by atoms with Gasteiger partial charge in [-0.25, -0.2) is 0 Å². The van der Waals surface area contributed by atoms with Gasteiger partial charge in [0.05, 0.1) is 0 Å². The Kier molecular flexibility index (Phi) is 3.75. The molecule has 0 amide bonds. The highest BCUT2D eigenvalue weighted by atomic mass is 14.9. The summed E-state index contributed by atoms with van der Waals surface area (Å²) in [6.07, 6.45) is 1.15. The molecule has 2 aromatic carbocycles. The normalized spacial score (nSPS) is 14.7. The molecule has 1 aliphatic rings. The molecule has 0 unspecified atom stereocenters. The van der Waals surface area contributed by atoms with Crippen molar-refractivity contribution in [1.82, 2.24) is 5.32 Å². The van der Waals surface area contributed by atoms with E-state index in [0.29, 0.717) is 6.04 Å². The van der Waals surface area contributed by atoms with E-state index in [-0.39, 0.29) is 0 Å². The summed E-state index contributed by atoms with van der Waals surface area (Å²) >= 11 is 0. The van der Waals surface area contributed by atoms with Crippen LogP contribution >= 0.6 is 0 Å². The topological polar surface area (TPSA) is 24.1 Å². The summed E-state index contributed by atoms with van der Waals surface area (Å²) in [5.41, 5.74) is 6.84. The van der Waals surface area contributed by atoms with E-state index in [9.17, 15) is 0 Å². The Labute approximate surface area is 121 Å². The van der Waals surface area contributed by atoms with Crippen LogP contribution in [0.1, 0.15) is 35.2 Å². The summed E-state index contributed by atoms with van der Waals surface area (Å²) in [7, 11) is 0. The predicted octanol–water partition coefficient (Wildman–Crippen LogP) is 3.81. The molecule has 0 fully saturated rings. The molecule has 0 aromatic heterocycles. The minimum absolute atomic E-state index is 0.368. The summed E-state index contributed by atoms with van der Waals surface area (Å²) in [5.74, 6) is 0. The highest BCUT2D eigenvalue weighted by Gasteiger charge is 2.14. The van der Waals surface area contributed by atoms with Crippen LogP contribution < -0.4 is 10.6 Å². The fraction of sp³-hybridized carbons (Fsp3) is 0.333. The first-order valence-electron chi connectivity index (χ1n) is 7.38. The van der Waals surface area contributed by atoms with Crippen molar-refractivity contribution in [3.05, 3.63) is 64.7 Å². The minimum Gasteiger partial charge on any atom is -0.384 e. The molecule has 0 saturated carbocycles. The molecule has 0 bridgehead atoms. The van der Waals surface area contributed by atoms with E-state index in [1.807, 2.05) is 0 Å². The van der Waals surface area contributed by atoms with Crippen LogP contribution in [-0.2, 0) is 13.0 Å². The van der Waals surface area contributed by atoms with Gasteiger partial charge in [0.15, 0.2) is 0 Å². The summed E-state index contributed by atoms with van der Waals surface area (Å²) < 4.78 is 0. The Balaban J connectivity index is 1.69. The molecule has 2 nitrogen and oxygen atoms in total. The van der Waals surface area contributed by atoms with Gasteiger partial charge < -0.3 is 10.6 Å². The largest absolute Gasteiger partial charge is 0.384 e. The highest BCUT2D eigenvalue weighted by molar-refractivity contribution is 5.61. The average Bonchev–Trinajstić information content (AvgIpc) is 2.93. The Morgan fingerprint density at radius 1 is 1.20 bits per heavy atom. The molecule has 0 radical (unpaired) electrons. The van der Waals surface area contributed by atoms with Gasteiger partial charge in [-0.15, -0.1) is 0 Å². The lowest BCUT2D eigenvalue weighted by atomic mass is 10.0. The first-order chi connectivity index (χ1) is 9.74. The maximum Gasteiger partial charge on any atom is 0.0419 e. The Morgan fingerprint density at radius 3 is 2.90 bits per heavy atom. The zero-order chi connectivity index (χ0) is 13.9. The predicted molar refractivity (Wildman–Crippen MR) is 85.1 cm³/mol. The number of anilines is 1. The highest BCUT2D eigenvalue weighted by Crippen LogP contribution is 2.26. The number of rotatable bonds is 4. The van der Waals surface area contributed by atoms with Crippen molar-refractivity contribution in [2.24, 2.45) is 0 Å². The summed E-state index contributed by atoms with van der Waals surface area (Å²) in [4.78, 5) is 0. The Hall–Kier alpha value is -1.80. The van der Waals surface area contributed by atoms with Crippen molar-refractivity contribution in [3.63, 3.8) is 0 Å². The van der Waals surface area contributed by atoms with E-state index in [2.05, 4.69) is 66.9 Å². The van der Waals surface area contributed by atoms with Crippen LogP contribution in [0.4, 0.5) is 5.69 Å². The maximum absolute atomic E-state index is 3.63. The van der Waals surface area contributed by atoms with Gasteiger partial charge >= 0.3 is 0 Å². The van der Waals surface area contributed by atoms with E-state index in [4.69, 9.17) is 0 Å². The van der Waals surface area contributed by atoms with E-state index in [1.165, 1.54) is 27.9 Å². The van der Waals surface area contributed by atoms with E-state index < -0.39 is 0 Å². The molecular weight excluding hydrogens is 244 g/mol. The third-order valence-electron chi connectivity index (χ3n) is 4.07. The van der Waals surface area contributed by atoms with Crippen molar-refractivity contribution >= 4 is 5.69 Å². The second-order valence-corrected chi connectivity index (χ2v) is 5.64. The zero-order valence-corrected chi connectivity index (χ0v) is 12.2. The molecule has 1 atom stereocenters. The number of hydrogen-bond acceptors (Lipinski definition) is 2. The summed E-state index contributed by atoms with van der Waals surface area (Å²) in [6, 6.07) is 15.7. The molecule has 20 heavy (non-hydrogen) atoms. The van der Waals surface area contributed by atoms with E-state index >= 15 is 0 Å². The quantitative estimate of drug-likeness (QED) is 0.879. The molecule has 1 aliphatic heterocycles. The van der Waals surface area contributed by atoms with Crippen LogP contribution in [0.3, 0.4) is 0 Å². The van der Waals surface area contributed by atoms with Crippen molar-refractivity contribution in [2.75, 3.05) is 11.9 Å². The fourth-order valence-corrected chi connectivity index (χ4v) is 2.88. The number of benzene rings is 2. The lowest BCUT2D eigenvalue weighted by molar-refractivity contribution is 0.575. The van der Waals surface area contributed by atoms with Gasteiger partial charge in [-0.05, 0) is 37.0 Å². The summed E-state index contributed by atoms with van der Waals surface area (Å²) in [5, 5.41) is 7.13. The molecule has 104 valence electrons. The van der Waals surface area contributed by atoms with Crippen LogP contribution in [0.15, 0.2) is 42.5 Å². The van der Waals surface area contributed by atoms with Gasteiger partial charge in [0.25, 0.3) is 0 Å². The first-order valence-corrected chi connectivity index (χ1v) is 7.38. The lowest BCUT2D eigenvalue weighted by Crippen LogP contribution is -2.18. The van der Waals surface area contributed by atoms with E-state index in [1.54, 1.807) is 0 Å². The van der Waals surface area contributed by atoms with Gasteiger partial charge in [-0.3, -0.25) is 0 Å². The van der Waals surface area contributed by atoms with Gasteiger partial charge in [-0.2, -0.15) is 0 Å². The smallest absolute Gasteiger partial charge is 0.0419 e. The van der Waals surface area contributed by atoms with Crippen LogP contribution in [0.5, 0.6) is 0 Å². The van der Waals surface area contributed by atoms with Crippen LogP contribution in [0.25, 0.3) is 0 Å². The number of nitrogens with one attached hydrogen (secondary N) is 2. The zero-order valence-electron chi connectivity index (χ0n) is 12.2. The van der Waals surface area contributed by atoms with Crippen LogP contribution in [-0.4, -0.2) is 6.54 Å². The molecule has 0 aliphatic carbocycles. The van der Waals surface area contributed by atoms with Crippen molar-refractivity contribution in [1.29, 1.82) is 0 Å². The molecular formula is C18H22N2. The molecule has 3 rings (SSSR count). The maximum atomic E-state index is 3.63. The summed E-state index contributed by atoms with van der Waals surface area (Å²) in [6.45, 7) is 6.35. The number of para-hydroxylation sites is 1. The standard InChI is InChI=1S/C18H22N2/c1-13-5-3-7-16(11-13)14(2)20-12-17-8-4-6-15-9-10-19-18(15)17/h3-8,11,14,19-20H,9-10,12H2,1-2H3/t14-/m1/s1. The first kappa shape index (κ1) is 13.2. The molecule has 0 spiro atoms. The Morgan fingerprint density at radius 2 is 2.05 bits per heavy atom. The van der Waals surface area contributed by atoms with Crippen molar-refractivity contribution in [2.45, 2.75) is 32.9 Å². The minimum atomic E-state index is 0.368. The number of fused-ring (bicyclic) bond motifs is 1. The monoisotopic (exact) mass is 266 g/mol. The Bertz CT molecular complexity index is 604. The third-order valence-corrected chi connectivity index (χ3v) is 4.07. The fourth-order valence-electron chi connectivity index (χ4n) is 2.88. The third kappa shape index (κ3) is 2.70. The lowest BCUT2D eigenvalue weighted by Gasteiger charge is -2.16. The second-order valence-electron chi connectivity index (χ2n) is 5.64. The van der Waals surface area contributed by atoms with Gasteiger partial charge in [0.2, 0.25) is 0 Å². The van der Waals surface area contributed by atoms with Gasteiger partial charge in [0.1, 0.15) is 0 Å². The van der Waals surface area contributed by atoms with Crippen molar-refractivity contribution < 1.29 is 0 Å². The van der Waals surface area contributed by atoms with Crippen LogP contribution in [0, 0.1) is 6.92 Å². The number of aryl methyl sites for hydroxylation is 1. The van der Waals surface area contributed by atoms with Crippen LogP contribution in [0.2, 0.25) is 0 Å². The molecule has 2 aromatic rings. The molecule has 1 heterocycles. The van der Waals surface area contributed by atoms with Crippen molar-refractivity contribution in [3.8, 4) is 0 Å². The molecule has 2 N–H and O–H groups in total. The van der Waals surface area contributed by atoms with Gasteiger partial charge in [0, 0.05) is 24.8 Å². The van der Waals surface area contributed by atoms with Gasteiger partial charge in [-0.1, -0.05) is 48.0 Å². The average molecular weight is 266 g/mol. The second kappa shape index (κ2) is 5.68.